The minimum Gasteiger partial charge on any atom is -0.408 e. The van der Waals surface area contributed by atoms with E-state index < -0.39 is 0 Å². The zero-order valence-electron chi connectivity index (χ0n) is 10.6. The Morgan fingerprint density at radius 2 is 2.22 bits per heavy atom. The third-order valence-electron chi connectivity index (χ3n) is 3.47. The molecule has 2 atom stereocenters. The normalized spacial score (nSPS) is 14.9. The first-order valence-corrected chi connectivity index (χ1v) is 6.04. The van der Waals surface area contributed by atoms with Gasteiger partial charge in [-0.1, -0.05) is 13.0 Å². The van der Waals surface area contributed by atoms with Gasteiger partial charge >= 0.3 is 5.76 Å². The molecule has 5 nitrogen and oxygen atoms in total. The highest BCUT2D eigenvalue weighted by atomic mass is 16.4. The van der Waals surface area contributed by atoms with Crippen LogP contribution in [-0.2, 0) is 7.05 Å². The van der Waals surface area contributed by atoms with Crippen molar-refractivity contribution < 1.29 is 9.52 Å². The number of aliphatic hydroxyl groups is 1. The highest BCUT2D eigenvalue weighted by Crippen LogP contribution is 2.24. The van der Waals surface area contributed by atoms with Crippen molar-refractivity contribution in [3.05, 3.63) is 34.3 Å². The maximum absolute atomic E-state index is 11.4. The third kappa shape index (κ3) is 2.07. The van der Waals surface area contributed by atoms with Crippen LogP contribution >= 0.6 is 0 Å². The van der Waals surface area contributed by atoms with Crippen LogP contribution < -0.4 is 11.5 Å². The largest absolute Gasteiger partial charge is 0.419 e. The molecule has 0 aliphatic carbocycles. The SMILES string of the molecule is CCC(CO)C(N)c1ccc2oc(=O)n(C)c2c1. The van der Waals surface area contributed by atoms with Crippen LogP contribution in [-0.4, -0.2) is 16.3 Å². The fourth-order valence-electron chi connectivity index (χ4n) is 2.12. The average molecular weight is 250 g/mol. The highest BCUT2D eigenvalue weighted by molar-refractivity contribution is 5.73. The van der Waals surface area contributed by atoms with E-state index in [1.165, 1.54) is 4.57 Å². The Morgan fingerprint density at radius 1 is 1.50 bits per heavy atom. The third-order valence-corrected chi connectivity index (χ3v) is 3.47. The summed E-state index contributed by atoms with van der Waals surface area (Å²) in [5.41, 5.74) is 8.31. The standard InChI is InChI=1S/C13H18N2O3/c1-3-8(7-16)12(14)9-4-5-11-10(6-9)15(2)13(17)18-11/h4-6,8,12,16H,3,7,14H2,1-2H3. The van der Waals surface area contributed by atoms with E-state index in [4.69, 9.17) is 10.2 Å². The number of rotatable bonds is 4. The van der Waals surface area contributed by atoms with Crippen molar-refractivity contribution in [2.24, 2.45) is 18.7 Å². The molecule has 3 N–H and O–H groups in total. The number of aromatic nitrogens is 1. The Hall–Kier alpha value is -1.59. The Kier molecular flexibility index (Phi) is 3.54. The summed E-state index contributed by atoms with van der Waals surface area (Å²) in [5.74, 6) is -0.365. The quantitative estimate of drug-likeness (QED) is 0.852. The van der Waals surface area contributed by atoms with E-state index >= 15 is 0 Å². The summed E-state index contributed by atoms with van der Waals surface area (Å²) in [7, 11) is 1.66. The maximum Gasteiger partial charge on any atom is 0.419 e. The van der Waals surface area contributed by atoms with Gasteiger partial charge in [0.15, 0.2) is 5.58 Å². The molecule has 0 fully saturated rings. The fraction of sp³-hybridized carbons (Fsp3) is 0.462. The predicted molar refractivity (Wildman–Crippen MR) is 69.3 cm³/mol. The molecule has 1 aromatic carbocycles. The van der Waals surface area contributed by atoms with E-state index in [-0.39, 0.29) is 24.3 Å². The molecule has 0 bridgehead atoms. The number of benzene rings is 1. The monoisotopic (exact) mass is 250 g/mol. The van der Waals surface area contributed by atoms with Crippen LogP contribution in [0, 0.1) is 5.92 Å². The smallest absolute Gasteiger partial charge is 0.408 e. The number of hydrogen-bond donors (Lipinski definition) is 2. The molecule has 5 heteroatoms. The number of nitrogens with zero attached hydrogens (tertiary/aromatic N) is 1. The number of fused-ring (bicyclic) bond motifs is 1. The van der Waals surface area contributed by atoms with Crippen LogP contribution in [0.4, 0.5) is 0 Å². The van der Waals surface area contributed by atoms with Crippen LogP contribution in [0.2, 0.25) is 0 Å². The summed E-state index contributed by atoms with van der Waals surface area (Å²) in [6.07, 6.45) is 0.806. The summed E-state index contributed by atoms with van der Waals surface area (Å²) >= 11 is 0. The van der Waals surface area contributed by atoms with Crippen molar-refractivity contribution in [1.29, 1.82) is 0 Å². The van der Waals surface area contributed by atoms with E-state index in [1.54, 1.807) is 13.1 Å². The van der Waals surface area contributed by atoms with Crippen LogP contribution in [0.5, 0.6) is 0 Å². The second kappa shape index (κ2) is 4.96. The second-order valence-corrected chi connectivity index (χ2v) is 4.53. The molecule has 0 aliphatic heterocycles. The van der Waals surface area contributed by atoms with Crippen LogP contribution in [0.1, 0.15) is 24.9 Å². The number of aryl methyl sites for hydroxylation is 1. The first-order valence-electron chi connectivity index (χ1n) is 6.04. The van der Waals surface area contributed by atoms with E-state index in [0.717, 1.165) is 17.5 Å². The maximum atomic E-state index is 11.4. The van der Waals surface area contributed by atoms with Crippen molar-refractivity contribution in [2.75, 3.05) is 6.61 Å². The van der Waals surface area contributed by atoms with Gasteiger partial charge in [-0.3, -0.25) is 4.57 Å². The molecule has 0 spiro atoms. The van der Waals surface area contributed by atoms with Crippen molar-refractivity contribution in [3.63, 3.8) is 0 Å². The van der Waals surface area contributed by atoms with Crippen LogP contribution in [0.25, 0.3) is 11.1 Å². The lowest BCUT2D eigenvalue weighted by atomic mass is 9.92. The molecule has 1 aromatic heterocycles. The van der Waals surface area contributed by atoms with Gasteiger partial charge in [0.05, 0.1) is 5.52 Å². The van der Waals surface area contributed by atoms with Gasteiger partial charge < -0.3 is 15.3 Å². The van der Waals surface area contributed by atoms with Gasteiger partial charge in [0, 0.05) is 25.6 Å². The van der Waals surface area contributed by atoms with Crippen molar-refractivity contribution >= 4 is 11.1 Å². The Balaban J connectivity index is 2.46. The van der Waals surface area contributed by atoms with Gasteiger partial charge in [0.25, 0.3) is 0 Å². The van der Waals surface area contributed by atoms with Gasteiger partial charge in [0.1, 0.15) is 0 Å². The molecule has 2 unspecified atom stereocenters. The summed E-state index contributed by atoms with van der Waals surface area (Å²) < 4.78 is 6.51. The zero-order chi connectivity index (χ0) is 13.3. The Morgan fingerprint density at radius 3 is 2.83 bits per heavy atom. The first kappa shape index (κ1) is 12.9. The zero-order valence-corrected chi connectivity index (χ0v) is 10.6. The lowest BCUT2D eigenvalue weighted by Gasteiger charge is -2.20. The molecular formula is C13H18N2O3. The molecule has 98 valence electrons. The molecule has 0 radical (unpaired) electrons. The average Bonchev–Trinajstić information content (AvgIpc) is 2.66. The number of oxazole rings is 1. The van der Waals surface area contributed by atoms with Gasteiger partial charge in [-0.15, -0.1) is 0 Å². The summed E-state index contributed by atoms with van der Waals surface area (Å²) in [5, 5.41) is 9.28. The molecule has 18 heavy (non-hydrogen) atoms. The summed E-state index contributed by atoms with van der Waals surface area (Å²) in [6, 6.07) is 5.20. The van der Waals surface area contributed by atoms with E-state index in [1.807, 2.05) is 19.1 Å². The lowest BCUT2D eigenvalue weighted by molar-refractivity contribution is 0.201. The molecule has 0 saturated carbocycles. The van der Waals surface area contributed by atoms with Gasteiger partial charge in [0.2, 0.25) is 0 Å². The van der Waals surface area contributed by atoms with Crippen LogP contribution in [0.15, 0.2) is 27.4 Å². The van der Waals surface area contributed by atoms with Gasteiger partial charge in [-0.05, 0) is 24.1 Å². The fourth-order valence-corrected chi connectivity index (χ4v) is 2.12. The van der Waals surface area contributed by atoms with Crippen molar-refractivity contribution in [2.45, 2.75) is 19.4 Å². The molecule has 2 aromatic rings. The van der Waals surface area contributed by atoms with E-state index in [2.05, 4.69) is 0 Å². The molecular weight excluding hydrogens is 232 g/mol. The first-order chi connectivity index (χ1) is 8.58. The molecule has 2 rings (SSSR count). The molecule has 1 heterocycles. The minimum atomic E-state index is -0.384. The minimum absolute atomic E-state index is 0.0198. The molecule has 0 aliphatic rings. The number of aliphatic hydroxyl groups excluding tert-OH is 1. The topological polar surface area (TPSA) is 81.4 Å². The van der Waals surface area contributed by atoms with E-state index in [9.17, 15) is 9.90 Å². The number of hydrogen-bond acceptors (Lipinski definition) is 4. The summed E-state index contributed by atoms with van der Waals surface area (Å²) in [6.45, 7) is 2.05. The lowest BCUT2D eigenvalue weighted by Crippen LogP contribution is -2.23. The van der Waals surface area contributed by atoms with Crippen LogP contribution in [0.3, 0.4) is 0 Å². The van der Waals surface area contributed by atoms with Crippen molar-refractivity contribution in [1.82, 2.24) is 4.57 Å². The Labute approximate surface area is 105 Å². The molecule has 0 saturated heterocycles. The highest BCUT2D eigenvalue weighted by Gasteiger charge is 2.18. The molecule has 0 amide bonds. The van der Waals surface area contributed by atoms with Crippen molar-refractivity contribution in [3.8, 4) is 0 Å². The van der Waals surface area contributed by atoms with E-state index in [0.29, 0.717) is 5.58 Å². The second-order valence-electron chi connectivity index (χ2n) is 4.53. The van der Waals surface area contributed by atoms with Gasteiger partial charge in [-0.25, -0.2) is 4.79 Å². The predicted octanol–water partition coefficient (Wildman–Crippen LogP) is 1.15. The number of nitrogens with two attached hydrogens (primary N) is 1. The van der Waals surface area contributed by atoms with Gasteiger partial charge in [-0.2, -0.15) is 0 Å². The Bertz CT molecular complexity index is 596. The summed E-state index contributed by atoms with van der Waals surface area (Å²) in [4.78, 5) is 11.4.